The smallest absolute Gasteiger partial charge is 0.258 e. The van der Waals surface area contributed by atoms with Crippen LogP contribution in [0.1, 0.15) is 5.56 Å². The normalized spacial score (nSPS) is 10.5. The molecule has 1 aromatic carbocycles. The van der Waals surface area contributed by atoms with Gasteiger partial charge < -0.3 is 0 Å². The fraction of sp³-hybridized carbons (Fsp3) is 0.100. The second-order valence-electron chi connectivity index (χ2n) is 3.19. The fourth-order valence-electron chi connectivity index (χ4n) is 1.51. The first kappa shape index (κ1) is 10.0. The van der Waals surface area contributed by atoms with Crippen molar-refractivity contribution in [3.63, 3.8) is 0 Å². The van der Waals surface area contributed by atoms with E-state index < -0.39 is 0 Å². The van der Waals surface area contributed by atoms with Crippen LogP contribution in [0.25, 0.3) is 10.9 Å². The van der Waals surface area contributed by atoms with E-state index in [1.165, 1.54) is 0 Å². The highest BCUT2D eigenvalue weighted by atomic mass is 79.9. The van der Waals surface area contributed by atoms with Crippen LogP contribution in [0.15, 0.2) is 28.9 Å². The molecule has 0 aliphatic heterocycles. The molecule has 1 heterocycles. The van der Waals surface area contributed by atoms with E-state index in [4.69, 9.17) is 0 Å². The molecule has 0 aliphatic rings. The molecular weight excluding hydrogens is 260 g/mol. The number of rotatable bonds is 1. The van der Waals surface area contributed by atoms with Crippen molar-refractivity contribution in [3.8, 4) is 0 Å². The number of fused-ring (bicyclic) bond motifs is 1. The number of halogens is 1. The van der Waals surface area contributed by atoms with Crippen molar-refractivity contribution in [1.82, 2.24) is 4.98 Å². The van der Waals surface area contributed by atoms with Gasteiger partial charge in [0, 0.05) is 5.56 Å². The molecule has 1 aromatic heterocycles. The molecule has 0 aliphatic carbocycles. The van der Waals surface area contributed by atoms with E-state index in [9.17, 15) is 10.1 Å². The third-order valence-electron chi connectivity index (χ3n) is 2.19. The summed E-state index contributed by atoms with van der Waals surface area (Å²) in [6, 6.07) is 6.90. The van der Waals surface area contributed by atoms with Crippen molar-refractivity contribution in [3.05, 3.63) is 44.5 Å². The molecule has 0 amide bonds. The topological polar surface area (TPSA) is 56.0 Å². The summed E-state index contributed by atoms with van der Waals surface area (Å²) < 4.78 is 0.674. The van der Waals surface area contributed by atoms with Gasteiger partial charge in [0.05, 0.1) is 15.8 Å². The van der Waals surface area contributed by atoms with Crippen molar-refractivity contribution in [2.24, 2.45) is 0 Å². The minimum absolute atomic E-state index is 0.132. The average Bonchev–Trinajstić information content (AvgIpc) is 2.17. The second-order valence-corrected chi connectivity index (χ2v) is 4.00. The number of nitrogens with zero attached hydrogens (tertiary/aromatic N) is 2. The van der Waals surface area contributed by atoms with Crippen LogP contribution in [-0.4, -0.2) is 9.91 Å². The Hall–Kier alpha value is -1.49. The summed E-state index contributed by atoms with van der Waals surface area (Å²) in [4.78, 5) is 14.7. The van der Waals surface area contributed by atoms with Gasteiger partial charge in [0.1, 0.15) is 4.60 Å². The molecule has 2 rings (SSSR count). The maximum atomic E-state index is 10.9. The van der Waals surface area contributed by atoms with Crippen LogP contribution >= 0.6 is 15.9 Å². The zero-order chi connectivity index (χ0) is 11.0. The van der Waals surface area contributed by atoms with Crippen LogP contribution in [0, 0.1) is 17.0 Å². The first-order valence-electron chi connectivity index (χ1n) is 4.30. The molecule has 0 unspecified atom stereocenters. The summed E-state index contributed by atoms with van der Waals surface area (Å²) in [5, 5.41) is 11.5. The monoisotopic (exact) mass is 266 g/mol. The van der Waals surface area contributed by atoms with Gasteiger partial charge >= 0.3 is 0 Å². The maximum absolute atomic E-state index is 10.9. The van der Waals surface area contributed by atoms with E-state index in [0.29, 0.717) is 21.1 Å². The SMILES string of the molecule is Cc1ccc2nc(Br)ccc2c1[N+](=O)[O-]. The molecule has 0 N–H and O–H groups in total. The van der Waals surface area contributed by atoms with Gasteiger partial charge in [-0.15, -0.1) is 0 Å². The van der Waals surface area contributed by atoms with E-state index in [1.807, 2.05) is 0 Å². The van der Waals surface area contributed by atoms with Crippen molar-refractivity contribution in [1.29, 1.82) is 0 Å². The standard InChI is InChI=1S/C10H7BrN2O2/c1-6-2-4-8-7(10(6)13(14)15)3-5-9(11)12-8/h2-5H,1H3. The van der Waals surface area contributed by atoms with Gasteiger partial charge in [-0.2, -0.15) is 0 Å². The van der Waals surface area contributed by atoms with Gasteiger partial charge in [-0.05, 0) is 41.1 Å². The van der Waals surface area contributed by atoms with Gasteiger partial charge in [-0.3, -0.25) is 10.1 Å². The van der Waals surface area contributed by atoms with E-state index in [2.05, 4.69) is 20.9 Å². The number of nitro groups is 1. The molecule has 0 atom stereocenters. The van der Waals surface area contributed by atoms with Crippen molar-refractivity contribution in [2.75, 3.05) is 0 Å². The summed E-state index contributed by atoms with van der Waals surface area (Å²) in [5.41, 5.74) is 1.41. The molecule has 2 aromatic rings. The summed E-state index contributed by atoms with van der Waals surface area (Å²) >= 11 is 3.23. The van der Waals surface area contributed by atoms with Gasteiger partial charge in [0.15, 0.2) is 0 Å². The first-order valence-corrected chi connectivity index (χ1v) is 5.09. The Morgan fingerprint density at radius 3 is 2.73 bits per heavy atom. The minimum Gasteiger partial charge on any atom is -0.258 e. The molecule has 4 nitrogen and oxygen atoms in total. The van der Waals surface area contributed by atoms with Crippen molar-refractivity contribution < 1.29 is 4.92 Å². The summed E-state index contributed by atoms with van der Waals surface area (Å²) in [6.07, 6.45) is 0. The highest BCUT2D eigenvalue weighted by Crippen LogP contribution is 2.28. The molecule has 5 heteroatoms. The Labute approximate surface area is 94.2 Å². The van der Waals surface area contributed by atoms with Crippen LogP contribution in [0.2, 0.25) is 0 Å². The molecule has 15 heavy (non-hydrogen) atoms. The Bertz CT molecular complexity index is 554. The van der Waals surface area contributed by atoms with Crippen LogP contribution in [0.3, 0.4) is 0 Å². The van der Waals surface area contributed by atoms with Crippen molar-refractivity contribution >= 4 is 32.5 Å². The number of nitro benzene ring substituents is 1. The molecule has 0 fully saturated rings. The molecule has 0 radical (unpaired) electrons. The van der Waals surface area contributed by atoms with Crippen molar-refractivity contribution in [2.45, 2.75) is 6.92 Å². The highest BCUT2D eigenvalue weighted by molar-refractivity contribution is 9.10. The molecule has 0 bridgehead atoms. The number of aryl methyl sites for hydroxylation is 1. The molecule has 0 spiro atoms. The highest BCUT2D eigenvalue weighted by Gasteiger charge is 2.15. The Kier molecular flexibility index (Phi) is 2.40. The van der Waals surface area contributed by atoms with E-state index in [0.717, 1.165) is 0 Å². The zero-order valence-corrected chi connectivity index (χ0v) is 9.48. The predicted molar refractivity (Wildman–Crippen MR) is 60.8 cm³/mol. The largest absolute Gasteiger partial charge is 0.281 e. The number of hydrogen-bond acceptors (Lipinski definition) is 3. The number of pyridine rings is 1. The quantitative estimate of drug-likeness (QED) is 0.453. The van der Waals surface area contributed by atoms with E-state index in [1.54, 1.807) is 31.2 Å². The summed E-state index contributed by atoms with van der Waals surface area (Å²) in [6.45, 7) is 1.72. The Balaban J connectivity index is 2.88. The van der Waals surface area contributed by atoms with Gasteiger partial charge in [-0.1, -0.05) is 6.07 Å². The van der Waals surface area contributed by atoms with Crippen LogP contribution in [-0.2, 0) is 0 Å². The summed E-state index contributed by atoms with van der Waals surface area (Å²) in [5.74, 6) is 0. The third-order valence-corrected chi connectivity index (χ3v) is 2.63. The Morgan fingerprint density at radius 1 is 1.33 bits per heavy atom. The number of aromatic nitrogens is 1. The second kappa shape index (κ2) is 3.58. The van der Waals surface area contributed by atoms with Gasteiger partial charge in [-0.25, -0.2) is 4.98 Å². The van der Waals surface area contributed by atoms with E-state index in [-0.39, 0.29) is 10.6 Å². The molecule has 0 saturated heterocycles. The lowest BCUT2D eigenvalue weighted by atomic mass is 10.1. The number of hydrogen-bond donors (Lipinski definition) is 0. The molecule has 76 valence electrons. The average molecular weight is 267 g/mol. The predicted octanol–water partition coefficient (Wildman–Crippen LogP) is 3.21. The molecular formula is C10H7BrN2O2. The van der Waals surface area contributed by atoms with Gasteiger partial charge in [0.25, 0.3) is 5.69 Å². The first-order chi connectivity index (χ1) is 7.09. The maximum Gasteiger partial charge on any atom is 0.281 e. The fourth-order valence-corrected chi connectivity index (χ4v) is 1.84. The lowest BCUT2D eigenvalue weighted by molar-refractivity contribution is -0.383. The number of benzene rings is 1. The minimum atomic E-state index is -0.368. The van der Waals surface area contributed by atoms with Crippen LogP contribution in [0.5, 0.6) is 0 Å². The Morgan fingerprint density at radius 2 is 2.07 bits per heavy atom. The van der Waals surface area contributed by atoms with Crippen LogP contribution < -0.4 is 0 Å². The third kappa shape index (κ3) is 1.70. The zero-order valence-electron chi connectivity index (χ0n) is 7.90. The lowest BCUT2D eigenvalue weighted by Gasteiger charge is -2.02. The van der Waals surface area contributed by atoms with Gasteiger partial charge in [0.2, 0.25) is 0 Å². The van der Waals surface area contributed by atoms with E-state index >= 15 is 0 Å². The summed E-state index contributed by atoms with van der Waals surface area (Å²) in [7, 11) is 0. The molecule has 0 saturated carbocycles. The van der Waals surface area contributed by atoms with Crippen LogP contribution in [0.4, 0.5) is 5.69 Å². The lowest BCUT2D eigenvalue weighted by Crippen LogP contribution is -1.94.